The standard InChI is InChI=1S/C22H18N2O3/c1-23-20-13-24-22(27-20)21(25)18-8-7-17-12-19(10-9-16(17)11-18)26-14-15-5-3-2-4-6-15/h2-6,9-10,12-13,18H,7-8,11,14H2. The average molecular weight is 358 g/mol. The summed E-state index contributed by atoms with van der Waals surface area (Å²) in [6.45, 7) is 7.45. The Labute approximate surface area is 157 Å². The van der Waals surface area contributed by atoms with Gasteiger partial charge in [0.05, 0.1) is 12.8 Å². The van der Waals surface area contributed by atoms with Crippen LogP contribution in [-0.2, 0) is 19.4 Å². The number of ether oxygens (including phenoxy) is 1. The van der Waals surface area contributed by atoms with E-state index in [1.807, 2.05) is 42.5 Å². The van der Waals surface area contributed by atoms with Gasteiger partial charge in [-0.05, 0) is 48.1 Å². The second-order valence-corrected chi connectivity index (χ2v) is 6.62. The van der Waals surface area contributed by atoms with E-state index >= 15 is 0 Å². The molecule has 1 unspecified atom stereocenters. The molecule has 1 atom stereocenters. The fourth-order valence-electron chi connectivity index (χ4n) is 3.39. The number of carbonyl (C=O) groups is 1. The molecule has 134 valence electrons. The second kappa shape index (κ2) is 7.46. The third kappa shape index (κ3) is 3.75. The lowest BCUT2D eigenvalue weighted by Gasteiger charge is -2.23. The first-order valence-corrected chi connectivity index (χ1v) is 8.89. The van der Waals surface area contributed by atoms with Gasteiger partial charge in [-0.25, -0.2) is 4.98 Å². The van der Waals surface area contributed by atoms with Crippen LogP contribution in [0.1, 0.15) is 33.8 Å². The van der Waals surface area contributed by atoms with Gasteiger partial charge in [-0.15, -0.1) is 0 Å². The second-order valence-electron chi connectivity index (χ2n) is 6.62. The van der Waals surface area contributed by atoms with Crippen molar-refractivity contribution in [2.45, 2.75) is 25.9 Å². The molecule has 3 aromatic rings. The van der Waals surface area contributed by atoms with Crippen LogP contribution in [0, 0.1) is 12.5 Å². The zero-order valence-electron chi connectivity index (χ0n) is 14.7. The molecule has 0 radical (unpaired) electrons. The zero-order valence-corrected chi connectivity index (χ0v) is 14.7. The minimum absolute atomic E-state index is 0.0391. The lowest BCUT2D eigenvalue weighted by atomic mass is 9.81. The van der Waals surface area contributed by atoms with E-state index in [0.29, 0.717) is 13.0 Å². The van der Waals surface area contributed by atoms with Crippen LogP contribution in [0.15, 0.2) is 59.1 Å². The molecule has 4 rings (SSSR count). The number of ketones is 1. The molecule has 1 aliphatic carbocycles. The minimum atomic E-state index is -0.161. The summed E-state index contributed by atoms with van der Waals surface area (Å²) in [5.74, 6) is 0.648. The van der Waals surface area contributed by atoms with Crippen LogP contribution < -0.4 is 4.74 Å². The van der Waals surface area contributed by atoms with Crippen LogP contribution in [-0.4, -0.2) is 10.8 Å². The van der Waals surface area contributed by atoms with Gasteiger partial charge in [-0.1, -0.05) is 36.4 Å². The number of Topliss-reactive ketones (excluding diaryl/α,β-unsaturated/α-hetero) is 1. The lowest BCUT2D eigenvalue weighted by molar-refractivity contribution is 0.0874. The van der Waals surface area contributed by atoms with E-state index < -0.39 is 0 Å². The number of benzene rings is 2. The highest BCUT2D eigenvalue weighted by Crippen LogP contribution is 2.31. The highest BCUT2D eigenvalue weighted by Gasteiger charge is 2.28. The van der Waals surface area contributed by atoms with Crippen LogP contribution in [0.4, 0.5) is 5.88 Å². The van der Waals surface area contributed by atoms with E-state index in [0.717, 1.165) is 29.7 Å². The van der Waals surface area contributed by atoms with Crippen molar-refractivity contribution in [3.8, 4) is 5.75 Å². The molecule has 0 bridgehead atoms. The fraction of sp³-hybridized carbons (Fsp3) is 0.227. The highest BCUT2D eigenvalue weighted by molar-refractivity contribution is 5.94. The normalized spacial score (nSPS) is 15.6. The summed E-state index contributed by atoms with van der Waals surface area (Å²) in [6, 6.07) is 16.1. The molecule has 0 spiro atoms. The predicted octanol–water partition coefficient (Wildman–Crippen LogP) is 4.79. The Morgan fingerprint density at radius 1 is 1.22 bits per heavy atom. The first kappa shape index (κ1) is 17.0. The van der Waals surface area contributed by atoms with E-state index in [2.05, 4.69) is 15.9 Å². The molecule has 1 aromatic heterocycles. The van der Waals surface area contributed by atoms with Crippen LogP contribution in [0.5, 0.6) is 5.75 Å². The van der Waals surface area contributed by atoms with Gasteiger partial charge >= 0.3 is 5.88 Å². The van der Waals surface area contributed by atoms with Crippen molar-refractivity contribution in [1.29, 1.82) is 0 Å². The van der Waals surface area contributed by atoms with Crippen molar-refractivity contribution >= 4 is 11.7 Å². The molecule has 5 nitrogen and oxygen atoms in total. The molecular weight excluding hydrogens is 340 g/mol. The third-order valence-corrected chi connectivity index (χ3v) is 4.84. The Hall–Kier alpha value is -3.39. The molecule has 5 heteroatoms. The molecule has 0 saturated heterocycles. The molecule has 0 saturated carbocycles. The number of oxazole rings is 1. The summed E-state index contributed by atoms with van der Waals surface area (Å²) in [6.07, 6.45) is 3.50. The van der Waals surface area contributed by atoms with Crippen molar-refractivity contribution < 1.29 is 13.9 Å². The summed E-state index contributed by atoms with van der Waals surface area (Å²) in [7, 11) is 0. The summed E-state index contributed by atoms with van der Waals surface area (Å²) in [4.78, 5) is 19.7. The van der Waals surface area contributed by atoms with E-state index in [1.165, 1.54) is 11.8 Å². The summed E-state index contributed by atoms with van der Waals surface area (Å²) < 4.78 is 11.1. The maximum Gasteiger partial charge on any atom is 0.365 e. The fourth-order valence-corrected chi connectivity index (χ4v) is 3.39. The summed E-state index contributed by atoms with van der Waals surface area (Å²) in [5.41, 5.74) is 3.51. The van der Waals surface area contributed by atoms with Gasteiger partial charge in [0.2, 0.25) is 11.7 Å². The Morgan fingerprint density at radius 3 is 2.85 bits per heavy atom. The number of aromatic nitrogens is 1. The molecule has 0 fully saturated rings. The largest absolute Gasteiger partial charge is 0.489 e. The molecule has 0 amide bonds. The van der Waals surface area contributed by atoms with Gasteiger partial charge in [0.15, 0.2) is 0 Å². The van der Waals surface area contributed by atoms with Crippen molar-refractivity contribution in [1.82, 2.24) is 4.98 Å². The van der Waals surface area contributed by atoms with Gasteiger partial charge in [-0.3, -0.25) is 4.79 Å². The van der Waals surface area contributed by atoms with Gasteiger partial charge in [0.25, 0.3) is 0 Å². The van der Waals surface area contributed by atoms with E-state index in [4.69, 9.17) is 15.7 Å². The van der Waals surface area contributed by atoms with Crippen LogP contribution >= 0.6 is 0 Å². The number of aryl methyl sites for hydroxylation is 1. The van der Waals surface area contributed by atoms with Gasteiger partial charge < -0.3 is 9.15 Å². The highest BCUT2D eigenvalue weighted by atomic mass is 16.5. The molecule has 0 N–H and O–H groups in total. The summed E-state index contributed by atoms with van der Waals surface area (Å²) >= 11 is 0. The van der Waals surface area contributed by atoms with Crippen LogP contribution in [0.2, 0.25) is 0 Å². The number of fused-ring (bicyclic) bond motifs is 1. The predicted molar refractivity (Wildman–Crippen MR) is 99.8 cm³/mol. The van der Waals surface area contributed by atoms with E-state index in [9.17, 15) is 4.79 Å². The molecular formula is C22H18N2O3. The summed E-state index contributed by atoms with van der Waals surface area (Å²) in [5, 5.41) is 0. The first-order valence-electron chi connectivity index (χ1n) is 8.89. The number of nitrogens with zero attached hydrogens (tertiary/aromatic N) is 2. The average Bonchev–Trinajstić information content (AvgIpc) is 3.21. The number of hydrogen-bond acceptors (Lipinski definition) is 4. The van der Waals surface area contributed by atoms with Crippen molar-refractivity contribution in [3.63, 3.8) is 0 Å². The number of hydrogen-bond donors (Lipinski definition) is 0. The van der Waals surface area contributed by atoms with E-state index in [-0.39, 0.29) is 23.5 Å². The topological polar surface area (TPSA) is 56.7 Å². The monoisotopic (exact) mass is 358 g/mol. The quantitative estimate of drug-likeness (QED) is 0.486. The SMILES string of the molecule is [C-]#[N+]c1cnc(C(=O)C2CCc3cc(OCc4ccccc4)ccc3C2)o1. The molecule has 1 heterocycles. The molecule has 1 aliphatic rings. The van der Waals surface area contributed by atoms with Crippen molar-refractivity contribution in [2.24, 2.45) is 5.92 Å². The maximum absolute atomic E-state index is 12.6. The zero-order chi connectivity index (χ0) is 18.6. The smallest absolute Gasteiger partial charge is 0.365 e. The lowest BCUT2D eigenvalue weighted by Crippen LogP contribution is -2.23. The Morgan fingerprint density at radius 2 is 2.07 bits per heavy atom. The van der Waals surface area contributed by atoms with Crippen LogP contribution in [0.3, 0.4) is 0 Å². The Bertz CT molecular complexity index is 1000. The van der Waals surface area contributed by atoms with Crippen molar-refractivity contribution in [2.75, 3.05) is 0 Å². The minimum Gasteiger partial charge on any atom is -0.489 e. The molecule has 2 aromatic carbocycles. The van der Waals surface area contributed by atoms with Gasteiger partial charge in [0.1, 0.15) is 12.4 Å². The van der Waals surface area contributed by atoms with Gasteiger partial charge in [-0.2, -0.15) is 4.85 Å². The van der Waals surface area contributed by atoms with Gasteiger partial charge in [0, 0.05) is 5.92 Å². The molecule has 27 heavy (non-hydrogen) atoms. The van der Waals surface area contributed by atoms with Crippen molar-refractivity contribution in [3.05, 3.63) is 88.7 Å². The third-order valence-electron chi connectivity index (χ3n) is 4.84. The first-order chi connectivity index (χ1) is 13.2. The Kier molecular flexibility index (Phi) is 4.71. The maximum atomic E-state index is 12.6. The number of rotatable bonds is 5. The number of carbonyl (C=O) groups excluding carboxylic acids is 1. The van der Waals surface area contributed by atoms with Crippen LogP contribution in [0.25, 0.3) is 4.85 Å². The molecule has 0 aliphatic heterocycles. The van der Waals surface area contributed by atoms with E-state index in [1.54, 1.807) is 0 Å². The Balaban J connectivity index is 1.43.